The molecule has 2 amide bonds. The number of alkyl carbamates (subject to hydrolysis) is 1. The third-order valence-corrected chi connectivity index (χ3v) is 8.92. The first-order valence-electron chi connectivity index (χ1n) is 16.6. The van der Waals surface area contributed by atoms with Gasteiger partial charge in [0.2, 0.25) is 5.43 Å². The first-order chi connectivity index (χ1) is 24.0. The molecule has 1 N–H and O–H groups in total. The predicted octanol–water partition coefficient (Wildman–Crippen LogP) is 7.05. The number of benzene rings is 4. The fraction of sp³-hybridized carbons (Fsp3) is 0.282. The third kappa shape index (κ3) is 6.20. The number of fused-ring (bicyclic) bond motifs is 3. The maximum atomic E-state index is 16.4. The minimum atomic E-state index is -0.687. The zero-order valence-electron chi connectivity index (χ0n) is 28.0. The number of nitrogens with zero attached hydrogens (tertiary/aromatic N) is 4. The minimum Gasteiger partial charge on any atom is -0.451 e. The van der Waals surface area contributed by atoms with Crippen LogP contribution >= 0.6 is 0 Å². The smallest absolute Gasteiger partial charge is 0.407 e. The maximum Gasteiger partial charge on any atom is 0.407 e. The van der Waals surface area contributed by atoms with Crippen LogP contribution in [0, 0.1) is 17.1 Å². The maximum absolute atomic E-state index is 16.4. The lowest BCUT2D eigenvalue weighted by Gasteiger charge is -2.30. The molecule has 2 aliphatic rings. The number of ether oxygens (including phenoxy) is 2. The highest BCUT2D eigenvalue weighted by Crippen LogP contribution is 2.48. The third-order valence-electron chi connectivity index (χ3n) is 8.92. The summed E-state index contributed by atoms with van der Waals surface area (Å²) in [6.07, 6.45) is 1.57. The first-order valence-corrected chi connectivity index (χ1v) is 16.6. The van der Waals surface area contributed by atoms with E-state index in [2.05, 4.69) is 11.4 Å². The fourth-order valence-electron chi connectivity index (χ4n) is 6.70. The van der Waals surface area contributed by atoms with Crippen molar-refractivity contribution in [2.24, 2.45) is 0 Å². The van der Waals surface area contributed by atoms with E-state index >= 15 is 4.39 Å². The molecule has 1 fully saturated rings. The molecule has 0 radical (unpaired) electrons. The Morgan fingerprint density at radius 2 is 1.80 bits per heavy atom. The number of hydrogen-bond donors (Lipinski definition) is 1. The molecule has 10 nitrogen and oxygen atoms in total. The van der Waals surface area contributed by atoms with Crippen molar-refractivity contribution < 1.29 is 23.5 Å². The number of aromatic nitrogens is 1. The van der Waals surface area contributed by atoms with Crippen LogP contribution in [-0.4, -0.2) is 52.7 Å². The Bertz CT molecular complexity index is 2260. The van der Waals surface area contributed by atoms with Crippen LogP contribution in [0.3, 0.4) is 0 Å². The van der Waals surface area contributed by atoms with Gasteiger partial charge in [0, 0.05) is 32.4 Å². The Labute approximate surface area is 288 Å². The molecule has 0 aliphatic carbocycles. The van der Waals surface area contributed by atoms with E-state index in [-0.39, 0.29) is 54.5 Å². The Morgan fingerprint density at radius 1 is 1.08 bits per heavy atom. The molecule has 4 aromatic carbocycles. The number of rotatable bonds is 7. The van der Waals surface area contributed by atoms with Crippen molar-refractivity contribution in [3.8, 4) is 23.3 Å². The molecule has 254 valence electrons. The summed E-state index contributed by atoms with van der Waals surface area (Å²) < 4.78 is 30.1. The van der Waals surface area contributed by atoms with Gasteiger partial charge in [-0.1, -0.05) is 54.6 Å². The predicted molar refractivity (Wildman–Crippen MR) is 188 cm³/mol. The lowest BCUT2D eigenvalue weighted by Crippen LogP contribution is -2.40. The molecular weight excluding hydrogens is 637 g/mol. The molecule has 11 heteroatoms. The van der Waals surface area contributed by atoms with Crippen LogP contribution in [0.15, 0.2) is 83.8 Å². The average Bonchev–Trinajstić information content (AvgIpc) is 3.53. The minimum absolute atomic E-state index is 0.00604. The number of nitriles is 1. The second kappa shape index (κ2) is 12.9. The largest absolute Gasteiger partial charge is 0.451 e. The van der Waals surface area contributed by atoms with E-state index in [0.29, 0.717) is 29.9 Å². The molecule has 0 saturated carbocycles. The Hall–Kier alpha value is -5.89. The molecule has 2 aliphatic heterocycles. The standard InChI is InChI=1S/C39H36FN5O5/c1-39(2,3)50-38(48)42-27-14-17-43(22-27)34-30(40)20-28-33-36(34)49-32-19-26-13-8-7-12-25(26)18-31(32)45(33)23-29(35(28)46)37(47)44(16-9-15-41)21-24-10-5-4-6-11-24/h4-8,10-13,18-20,23,27H,9,14,16-17,21-22H2,1-3H3,(H,42,48). The van der Waals surface area contributed by atoms with Gasteiger partial charge in [0.15, 0.2) is 17.3 Å². The zero-order chi connectivity index (χ0) is 35.2. The number of carbonyl (C=O) groups excluding carboxylic acids is 2. The van der Waals surface area contributed by atoms with E-state index in [1.807, 2.05) is 66.7 Å². The molecule has 50 heavy (non-hydrogen) atoms. The van der Waals surface area contributed by atoms with Crippen molar-refractivity contribution in [3.05, 3.63) is 106 Å². The normalized spacial score (nSPS) is 14.9. The number of amides is 2. The van der Waals surface area contributed by atoms with Crippen LogP contribution in [0.4, 0.5) is 14.9 Å². The molecule has 1 saturated heterocycles. The van der Waals surface area contributed by atoms with Crippen LogP contribution in [0.5, 0.6) is 11.5 Å². The van der Waals surface area contributed by atoms with Gasteiger partial charge in [0.25, 0.3) is 5.91 Å². The highest BCUT2D eigenvalue weighted by atomic mass is 19.1. The molecule has 1 unspecified atom stereocenters. The summed E-state index contributed by atoms with van der Waals surface area (Å²) in [5.74, 6) is -0.661. The van der Waals surface area contributed by atoms with Gasteiger partial charge in [0.05, 0.1) is 29.6 Å². The molecule has 0 spiro atoms. The number of pyridine rings is 1. The molecule has 0 bridgehead atoms. The van der Waals surface area contributed by atoms with E-state index in [4.69, 9.17) is 9.47 Å². The van der Waals surface area contributed by atoms with Gasteiger partial charge in [-0.3, -0.25) is 9.59 Å². The number of nitrogens with one attached hydrogen (secondary N) is 1. The van der Waals surface area contributed by atoms with Crippen molar-refractivity contribution in [2.45, 2.75) is 51.8 Å². The van der Waals surface area contributed by atoms with Gasteiger partial charge < -0.3 is 29.2 Å². The van der Waals surface area contributed by atoms with Gasteiger partial charge >= 0.3 is 6.09 Å². The summed E-state index contributed by atoms with van der Waals surface area (Å²) in [6.45, 7) is 6.36. The van der Waals surface area contributed by atoms with Gasteiger partial charge in [-0.25, -0.2) is 9.18 Å². The quantitative estimate of drug-likeness (QED) is 0.193. The molecular formula is C39H36FN5O5. The molecule has 1 aromatic heterocycles. The number of carbonyl (C=O) groups is 2. The van der Waals surface area contributed by atoms with Crippen LogP contribution in [0.2, 0.25) is 0 Å². The van der Waals surface area contributed by atoms with Crippen molar-refractivity contribution in [3.63, 3.8) is 0 Å². The second-order valence-corrected chi connectivity index (χ2v) is 13.6. The summed E-state index contributed by atoms with van der Waals surface area (Å²) in [7, 11) is 0. The Balaban J connectivity index is 1.36. The second-order valence-electron chi connectivity index (χ2n) is 13.6. The topological polar surface area (TPSA) is 117 Å². The Morgan fingerprint density at radius 3 is 2.52 bits per heavy atom. The first kappa shape index (κ1) is 32.6. The fourth-order valence-corrected chi connectivity index (χ4v) is 6.70. The molecule has 7 rings (SSSR count). The van der Waals surface area contributed by atoms with Crippen molar-refractivity contribution >= 4 is 39.4 Å². The highest BCUT2D eigenvalue weighted by Gasteiger charge is 2.35. The molecule has 1 atom stereocenters. The van der Waals surface area contributed by atoms with Crippen LogP contribution < -0.4 is 20.4 Å². The van der Waals surface area contributed by atoms with E-state index < -0.39 is 28.8 Å². The van der Waals surface area contributed by atoms with Crippen LogP contribution in [-0.2, 0) is 11.3 Å². The van der Waals surface area contributed by atoms with Crippen LogP contribution in [0.25, 0.3) is 27.4 Å². The average molecular weight is 674 g/mol. The van der Waals surface area contributed by atoms with Gasteiger partial charge in [0.1, 0.15) is 22.4 Å². The van der Waals surface area contributed by atoms with Crippen molar-refractivity contribution in [1.29, 1.82) is 5.26 Å². The van der Waals surface area contributed by atoms with Gasteiger partial charge in [-0.05, 0) is 61.7 Å². The number of halogens is 1. The van der Waals surface area contributed by atoms with E-state index in [1.54, 1.807) is 30.2 Å². The summed E-state index contributed by atoms with van der Waals surface area (Å²) in [6, 6.07) is 23.8. The summed E-state index contributed by atoms with van der Waals surface area (Å²) in [4.78, 5) is 44.2. The van der Waals surface area contributed by atoms with E-state index in [1.165, 1.54) is 17.2 Å². The highest BCUT2D eigenvalue weighted by molar-refractivity contribution is 6.02. The van der Waals surface area contributed by atoms with Gasteiger partial charge in [-0.15, -0.1) is 0 Å². The summed E-state index contributed by atoms with van der Waals surface area (Å²) in [5, 5.41) is 14.0. The monoisotopic (exact) mass is 673 g/mol. The molecule has 5 aromatic rings. The number of hydrogen-bond acceptors (Lipinski definition) is 7. The summed E-state index contributed by atoms with van der Waals surface area (Å²) in [5.41, 5.74) is 0.480. The van der Waals surface area contributed by atoms with Crippen LogP contribution in [0.1, 0.15) is 49.5 Å². The number of anilines is 1. The lowest BCUT2D eigenvalue weighted by atomic mass is 10.0. The van der Waals surface area contributed by atoms with E-state index in [0.717, 1.165) is 16.3 Å². The van der Waals surface area contributed by atoms with Crippen molar-refractivity contribution in [2.75, 3.05) is 24.5 Å². The SMILES string of the molecule is CC(C)(C)OC(=O)NC1CCN(c2c(F)cc3c(=O)c(C(=O)N(CCC#N)Cc4ccccc4)cn4c3c2Oc2cc3ccccc3cc2-4)C1. The lowest BCUT2D eigenvalue weighted by molar-refractivity contribution is 0.0508. The summed E-state index contributed by atoms with van der Waals surface area (Å²) >= 11 is 0. The molecule has 3 heterocycles. The van der Waals surface area contributed by atoms with Crippen molar-refractivity contribution in [1.82, 2.24) is 14.8 Å². The van der Waals surface area contributed by atoms with Gasteiger partial charge in [-0.2, -0.15) is 5.26 Å². The zero-order valence-corrected chi connectivity index (χ0v) is 28.0. The van der Waals surface area contributed by atoms with E-state index in [9.17, 15) is 19.6 Å². The Kier molecular flexibility index (Phi) is 8.39.